The van der Waals surface area contributed by atoms with Crippen LogP contribution in [0.2, 0.25) is 0 Å². The molecule has 0 unspecified atom stereocenters. The normalized spacial score (nSPS) is 13.9. The van der Waals surface area contributed by atoms with Crippen molar-refractivity contribution in [2.24, 2.45) is 0 Å². The van der Waals surface area contributed by atoms with Gasteiger partial charge in [0, 0.05) is 41.5 Å². The van der Waals surface area contributed by atoms with Gasteiger partial charge >= 0.3 is 0 Å². The van der Waals surface area contributed by atoms with Crippen LogP contribution >= 0.6 is 11.3 Å². The SMILES string of the molecule is O=c1cc(OCc2ccc(F)cn2)ccn1-c1ccc2c3c(sc2c1)CN(CCF)CC3. The molecule has 0 spiro atoms. The lowest BCUT2D eigenvalue weighted by atomic mass is 10.0. The van der Waals surface area contributed by atoms with E-state index >= 15 is 0 Å². The second-order valence-electron chi connectivity index (χ2n) is 7.73. The predicted octanol–water partition coefficient (Wildman–Crippen LogP) is 4.49. The summed E-state index contributed by atoms with van der Waals surface area (Å²) in [5.74, 6) is 0.0231. The number of aromatic nitrogens is 2. The van der Waals surface area contributed by atoms with Crippen LogP contribution in [0.3, 0.4) is 0 Å². The van der Waals surface area contributed by atoms with Gasteiger partial charge in [-0.05, 0) is 47.7 Å². The molecular weight excluding hydrogens is 432 g/mol. The maximum atomic E-state index is 13.0. The highest BCUT2D eigenvalue weighted by Crippen LogP contribution is 2.36. The van der Waals surface area contributed by atoms with Gasteiger partial charge in [0.25, 0.3) is 5.56 Å². The third-order valence-electron chi connectivity index (χ3n) is 5.65. The molecule has 0 radical (unpaired) electrons. The van der Waals surface area contributed by atoms with Crippen molar-refractivity contribution in [1.82, 2.24) is 14.5 Å². The fourth-order valence-electron chi connectivity index (χ4n) is 4.02. The molecule has 0 amide bonds. The Hall–Kier alpha value is -3.10. The minimum atomic E-state index is -0.406. The quantitative estimate of drug-likeness (QED) is 0.432. The van der Waals surface area contributed by atoms with E-state index in [-0.39, 0.29) is 18.8 Å². The van der Waals surface area contributed by atoms with Gasteiger partial charge in [0.05, 0.1) is 17.6 Å². The van der Waals surface area contributed by atoms with E-state index in [0.717, 1.165) is 36.1 Å². The Balaban J connectivity index is 1.36. The smallest absolute Gasteiger partial charge is 0.258 e. The van der Waals surface area contributed by atoms with Crippen LogP contribution in [-0.4, -0.2) is 34.2 Å². The first kappa shape index (κ1) is 20.8. The molecule has 1 aliphatic rings. The number of thiophene rings is 1. The van der Waals surface area contributed by atoms with Crippen LogP contribution < -0.4 is 10.3 Å². The number of ether oxygens (including phenoxy) is 1. The van der Waals surface area contributed by atoms with Gasteiger partial charge in [0.1, 0.15) is 24.8 Å². The summed E-state index contributed by atoms with van der Waals surface area (Å²) in [4.78, 5) is 20.1. The molecule has 0 fully saturated rings. The molecule has 0 saturated heterocycles. The summed E-state index contributed by atoms with van der Waals surface area (Å²) in [6.07, 6.45) is 3.74. The van der Waals surface area contributed by atoms with Crippen LogP contribution in [0.4, 0.5) is 8.78 Å². The number of pyridine rings is 2. The van der Waals surface area contributed by atoms with Crippen molar-refractivity contribution in [3.05, 3.63) is 87.2 Å². The van der Waals surface area contributed by atoms with Crippen LogP contribution in [0.1, 0.15) is 16.1 Å². The third kappa shape index (κ3) is 4.16. The van der Waals surface area contributed by atoms with E-state index in [1.165, 1.54) is 28.0 Å². The molecule has 0 aliphatic carbocycles. The fourth-order valence-corrected chi connectivity index (χ4v) is 5.35. The highest BCUT2D eigenvalue weighted by atomic mass is 32.1. The molecule has 4 heterocycles. The highest BCUT2D eigenvalue weighted by molar-refractivity contribution is 7.19. The zero-order chi connectivity index (χ0) is 22.1. The molecule has 4 aromatic rings. The van der Waals surface area contributed by atoms with Gasteiger partial charge in [-0.25, -0.2) is 8.78 Å². The van der Waals surface area contributed by atoms with E-state index in [1.54, 1.807) is 34.2 Å². The molecular formula is C24H21F2N3O2S. The molecule has 5 nitrogen and oxygen atoms in total. The second kappa shape index (κ2) is 8.80. The van der Waals surface area contributed by atoms with Crippen molar-refractivity contribution in [2.75, 3.05) is 19.8 Å². The van der Waals surface area contributed by atoms with Gasteiger partial charge in [-0.3, -0.25) is 19.2 Å². The summed E-state index contributed by atoms with van der Waals surface area (Å²) in [6.45, 7) is 1.95. The molecule has 8 heteroatoms. The lowest BCUT2D eigenvalue weighted by Gasteiger charge is -2.25. The Bertz CT molecular complexity index is 1320. The molecule has 0 saturated carbocycles. The molecule has 0 bridgehead atoms. The average molecular weight is 454 g/mol. The second-order valence-corrected chi connectivity index (χ2v) is 8.86. The number of alkyl halides is 1. The van der Waals surface area contributed by atoms with E-state index in [2.05, 4.69) is 16.0 Å². The van der Waals surface area contributed by atoms with Crippen LogP contribution in [-0.2, 0) is 19.6 Å². The van der Waals surface area contributed by atoms with Gasteiger partial charge in [0.2, 0.25) is 0 Å². The van der Waals surface area contributed by atoms with E-state index < -0.39 is 5.82 Å². The zero-order valence-electron chi connectivity index (χ0n) is 17.3. The maximum absolute atomic E-state index is 13.0. The lowest BCUT2D eigenvalue weighted by Crippen LogP contribution is -2.31. The number of hydrogen-bond acceptors (Lipinski definition) is 5. The van der Waals surface area contributed by atoms with Crippen LogP contribution in [0.5, 0.6) is 5.75 Å². The molecule has 32 heavy (non-hydrogen) atoms. The first-order valence-corrected chi connectivity index (χ1v) is 11.2. The Morgan fingerprint density at radius 2 is 2.06 bits per heavy atom. The molecule has 1 aromatic carbocycles. The summed E-state index contributed by atoms with van der Waals surface area (Å²) < 4.78 is 34.0. The summed E-state index contributed by atoms with van der Waals surface area (Å²) in [5.41, 5.74) is 2.50. The van der Waals surface area contributed by atoms with Crippen LogP contribution in [0, 0.1) is 5.82 Å². The fraction of sp³-hybridized carbons (Fsp3) is 0.250. The monoisotopic (exact) mass is 453 g/mol. The molecule has 5 rings (SSSR count). The number of rotatable bonds is 6. The summed E-state index contributed by atoms with van der Waals surface area (Å²) in [7, 11) is 0. The number of benzene rings is 1. The number of fused-ring (bicyclic) bond motifs is 3. The van der Waals surface area contributed by atoms with Crippen molar-refractivity contribution in [3.8, 4) is 11.4 Å². The van der Waals surface area contributed by atoms with Crippen molar-refractivity contribution < 1.29 is 13.5 Å². The van der Waals surface area contributed by atoms with Crippen molar-refractivity contribution in [3.63, 3.8) is 0 Å². The molecule has 0 N–H and O–H groups in total. The number of halogens is 2. The van der Waals surface area contributed by atoms with E-state index in [1.807, 2.05) is 12.1 Å². The van der Waals surface area contributed by atoms with Crippen molar-refractivity contribution in [2.45, 2.75) is 19.6 Å². The first-order valence-electron chi connectivity index (χ1n) is 10.4. The van der Waals surface area contributed by atoms with E-state index in [9.17, 15) is 13.6 Å². The predicted molar refractivity (Wildman–Crippen MR) is 121 cm³/mol. The summed E-state index contributed by atoms with van der Waals surface area (Å²) >= 11 is 1.72. The summed E-state index contributed by atoms with van der Waals surface area (Å²) in [5, 5.41) is 1.22. The van der Waals surface area contributed by atoms with Gasteiger partial charge in [-0.1, -0.05) is 6.07 Å². The van der Waals surface area contributed by atoms with Gasteiger partial charge in [-0.2, -0.15) is 0 Å². The molecule has 3 aromatic heterocycles. The molecule has 0 atom stereocenters. The zero-order valence-corrected chi connectivity index (χ0v) is 18.1. The molecule has 164 valence electrons. The van der Waals surface area contributed by atoms with Gasteiger partial charge < -0.3 is 4.74 Å². The topological polar surface area (TPSA) is 47.4 Å². The van der Waals surface area contributed by atoms with Crippen molar-refractivity contribution in [1.29, 1.82) is 0 Å². The average Bonchev–Trinajstić information content (AvgIpc) is 3.16. The Morgan fingerprint density at radius 3 is 2.84 bits per heavy atom. The van der Waals surface area contributed by atoms with Crippen molar-refractivity contribution >= 4 is 21.4 Å². The van der Waals surface area contributed by atoms with Gasteiger partial charge in [-0.15, -0.1) is 11.3 Å². The Morgan fingerprint density at radius 1 is 1.16 bits per heavy atom. The summed E-state index contributed by atoms with van der Waals surface area (Å²) in [6, 6.07) is 12.1. The van der Waals surface area contributed by atoms with Crippen LogP contribution in [0.15, 0.2) is 59.7 Å². The minimum absolute atomic E-state index is 0.149. The standard InChI is InChI=1S/C24H21F2N3O2S/c25-7-10-28-8-6-21-20-4-3-18(11-22(20)32-23(21)14-28)29-9-5-19(12-24(29)30)31-15-17-2-1-16(26)13-27-17/h1-5,9,11-13H,6-8,10,14-15H2. The van der Waals surface area contributed by atoms with Crippen LogP contribution in [0.25, 0.3) is 15.8 Å². The molecule has 1 aliphatic heterocycles. The third-order valence-corrected chi connectivity index (χ3v) is 6.83. The Kier molecular flexibility index (Phi) is 5.71. The lowest BCUT2D eigenvalue weighted by molar-refractivity contribution is 0.234. The minimum Gasteiger partial charge on any atom is -0.487 e. The highest BCUT2D eigenvalue weighted by Gasteiger charge is 2.21. The number of hydrogen-bond donors (Lipinski definition) is 0. The number of nitrogens with zero attached hydrogens (tertiary/aromatic N) is 3. The van der Waals surface area contributed by atoms with E-state index in [0.29, 0.717) is 18.0 Å². The first-order chi connectivity index (χ1) is 15.6. The maximum Gasteiger partial charge on any atom is 0.258 e. The Labute approximate surface area is 187 Å². The largest absolute Gasteiger partial charge is 0.487 e. The van der Waals surface area contributed by atoms with Gasteiger partial charge in [0.15, 0.2) is 0 Å². The van der Waals surface area contributed by atoms with E-state index in [4.69, 9.17) is 4.74 Å².